The van der Waals surface area contributed by atoms with Crippen molar-refractivity contribution in [3.63, 3.8) is 0 Å². The second kappa shape index (κ2) is 2.58. The van der Waals surface area contributed by atoms with Gasteiger partial charge in [0.15, 0.2) is 5.41 Å². The van der Waals surface area contributed by atoms with E-state index in [0.29, 0.717) is 0 Å². The van der Waals surface area contributed by atoms with Gasteiger partial charge in [-0.1, -0.05) is 0 Å². The first-order chi connectivity index (χ1) is 4.09. The van der Waals surface area contributed by atoms with Crippen molar-refractivity contribution < 1.29 is 36.3 Å². The van der Waals surface area contributed by atoms with E-state index in [2.05, 4.69) is 0 Å². The van der Waals surface area contributed by atoms with Crippen LogP contribution in [0.25, 0.3) is 0 Å². The molecular weight excluding hydrogens is 183 g/mol. The van der Waals surface area contributed by atoms with E-state index < -0.39 is 17.4 Å². The van der Waals surface area contributed by atoms with Crippen LogP contribution in [0.5, 0.6) is 0 Å². The van der Waals surface area contributed by atoms with Gasteiger partial charge in [0.05, 0.1) is 0 Å². The van der Waals surface area contributed by atoms with Crippen molar-refractivity contribution in [1.29, 1.82) is 0 Å². The summed E-state index contributed by atoms with van der Waals surface area (Å²) in [6.45, 7) is 0. The molecule has 0 radical (unpaired) electrons. The van der Waals surface area contributed by atoms with E-state index >= 15 is 0 Å². The van der Waals surface area contributed by atoms with E-state index in [1.165, 1.54) is 0 Å². The number of carboxylic acid groups (broad SMARTS) is 2. The zero-order valence-corrected chi connectivity index (χ0v) is 5.93. The van der Waals surface area contributed by atoms with E-state index in [9.17, 15) is 9.59 Å². The molecule has 0 unspecified atom stereocenters. The zero-order chi connectivity index (χ0) is 7.07. The van der Waals surface area contributed by atoms with Crippen LogP contribution >= 0.6 is 0 Å². The van der Waals surface area contributed by atoms with Crippen LogP contribution in [0.15, 0.2) is 0 Å². The topological polar surface area (TPSA) is 74.6 Å². The molecule has 0 aromatic heterocycles. The van der Waals surface area contributed by atoms with Crippen molar-refractivity contribution in [2.24, 2.45) is 5.41 Å². The van der Waals surface area contributed by atoms with Gasteiger partial charge < -0.3 is 10.2 Å². The number of aliphatic carboxylic acids is 2. The molecule has 4 nitrogen and oxygen atoms in total. The minimum atomic E-state index is -1.42. The number of carbonyl (C=O) groups is 2. The van der Waals surface area contributed by atoms with E-state index in [4.69, 9.17) is 10.2 Å². The molecule has 0 aromatic carbocycles. The van der Waals surface area contributed by atoms with Crippen molar-refractivity contribution in [2.75, 3.05) is 0 Å². The van der Waals surface area contributed by atoms with Crippen LogP contribution in [0.4, 0.5) is 0 Å². The summed E-state index contributed by atoms with van der Waals surface area (Å²) < 4.78 is 0. The van der Waals surface area contributed by atoms with E-state index in [1.54, 1.807) is 0 Å². The van der Waals surface area contributed by atoms with Gasteiger partial charge in [0.25, 0.3) is 0 Å². The third-order valence-electron chi connectivity index (χ3n) is 1.57. The molecule has 1 aliphatic rings. The summed E-state index contributed by atoms with van der Waals surface area (Å²) in [5.41, 5.74) is -1.42. The Balaban J connectivity index is 0.000000810. The maximum atomic E-state index is 10.1. The van der Waals surface area contributed by atoms with Gasteiger partial charge in [0, 0.05) is 16.5 Å². The molecule has 10 heavy (non-hydrogen) atoms. The standard InChI is InChI=1S/C5H6O4.Ni/c6-3(7)5(1-2-5)4(8)9;/h1-2H2,(H,6,7)(H,8,9);. The number of carboxylic acids is 2. The van der Waals surface area contributed by atoms with Crippen molar-refractivity contribution in [3.8, 4) is 0 Å². The van der Waals surface area contributed by atoms with Crippen LogP contribution < -0.4 is 0 Å². The van der Waals surface area contributed by atoms with Crippen LogP contribution in [0.3, 0.4) is 0 Å². The van der Waals surface area contributed by atoms with Crippen LogP contribution in [-0.4, -0.2) is 22.2 Å². The molecule has 60 valence electrons. The first-order valence-corrected chi connectivity index (χ1v) is 2.56. The number of hydrogen-bond donors (Lipinski definition) is 2. The first kappa shape index (κ1) is 9.43. The fraction of sp³-hybridized carbons (Fsp3) is 0.600. The first-order valence-electron chi connectivity index (χ1n) is 2.56. The molecule has 0 saturated heterocycles. The minimum Gasteiger partial charge on any atom is -0.480 e. The van der Waals surface area contributed by atoms with Crippen molar-refractivity contribution in [1.82, 2.24) is 0 Å². The second-order valence-electron chi connectivity index (χ2n) is 2.19. The van der Waals surface area contributed by atoms with Crippen molar-refractivity contribution in [3.05, 3.63) is 0 Å². The van der Waals surface area contributed by atoms with E-state index in [0.717, 1.165) is 0 Å². The average molecular weight is 189 g/mol. The monoisotopic (exact) mass is 188 g/mol. The Kier molecular flexibility index (Phi) is 2.44. The summed E-state index contributed by atoms with van der Waals surface area (Å²) in [5.74, 6) is -2.43. The largest absolute Gasteiger partial charge is 0.480 e. The number of hydrogen-bond acceptors (Lipinski definition) is 2. The van der Waals surface area contributed by atoms with Crippen LogP contribution in [-0.2, 0) is 26.1 Å². The van der Waals surface area contributed by atoms with E-state index in [1.807, 2.05) is 0 Å². The Morgan fingerprint density at radius 3 is 1.40 bits per heavy atom. The van der Waals surface area contributed by atoms with Gasteiger partial charge in [-0.3, -0.25) is 9.59 Å². The summed E-state index contributed by atoms with van der Waals surface area (Å²) >= 11 is 0. The SMILES string of the molecule is O=C(O)C1(C(=O)O)CC1.[Ni]. The molecule has 2 N–H and O–H groups in total. The molecule has 1 rings (SSSR count). The molecule has 1 saturated carbocycles. The molecule has 0 atom stereocenters. The Morgan fingerprint density at radius 1 is 1.10 bits per heavy atom. The molecular formula is C5H6NiO4. The van der Waals surface area contributed by atoms with Gasteiger partial charge >= 0.3 is 11.9 Å². The predicted molar refractivity (Wildman–Crippen MR) is 26.9 cm³/mol. The Labute approximate surface area is 67.2 Å². The second-order valence-corrected chi connectivity index (χ2v) is 2.19. The summed E-state index contributed by atoms with van der Waals surface area (Å²) in [5, 5.41) is 16.6. The van der Waals surface area contributed by atoms with Crippen LogP contribution in [0, 0.1) is 5.41 Å². The average Bonchev–Trinajstić information content (AvgIpc) is 2.40. The fourth-order valence-electron chi connectivity index (χ4n) is 0.644. The third kappa shape index (κ3) is 1.14. The number of rotatable bonds is 2. The Hall–Kier alpha value is -0.566. The molecule has 5 heteroatoms. The predicted octanol–water partition coefficient (Wildman–Crippen LogP) is -0.0667. The quantitative estimate of drug-likeness (QED) is 0.470. The van der Waals surface area contributed by atoms with E-state index in [-0.39, 0.29) is 29.3 Å². The summed E-state index contributed by atoms with van der Waals surface area (Å²) in [6, 6.07) is 0. The summed E-state index contributed by atoms with van der Waals surface area (Å²) in [7, 11) is 0. The molecule has 0 heterocycles. The minimum absolute atomic E-state index is 0. The summed E-state index contributed by atoms with van der Waals surface area (Å²) in [4.78, 5) is 20.3. The van der Waals surface area contributed by atoms with Crippen LogP contribution in [0.2, 0.25) is 0 Å². The van der Waals surface area contributed by atoms with Gasteiger partial charge in [-0.25, -0.2) is 0 Å². The van der Waals surface area contributed by atoms with Gasteiger partial charge in [-0.05, 0) is 12.8 Å². The third-order valence-corrected chi connectivity index (χ3v) is 1.57. The molecule has 0 aromatic rings. The normalized spacial score (nSPS) is 18.8. The summed E-state index contributed by atoms with van der Waals surface area (Å²) in [6.07, 6.45) is 0.551. The van der Waals surface area contributed by atoms with Gasteiger partial charge in [0.1, 0.15) is 0 Å². The van der Waals surface area contributed by atoms with Gasteiger partial charge in [0.2, 0.25) is 0 Å². The molecule has 1 aliphatic carbocycles. The molecule has 0 bridgehead atoms. The molecule has 0 spiro atoms. The smallest absolute Gasteiger partial charge is 0.321 e. The maximum Gasteiger partial charge on any atom is 0.321 e. The van der Waals surface area contributed by atoms with Gasteiger partial charge in [-0.15, -0.1) is 0 Å². The fourth-order valence-corrected chi connectivity index (χ4v) is 0.644. The molecule has 1 fully saturated rings. The molecule has 0 amide bonds. The van der Waals surface area contributed by atoms with Gasteiger partial charge in [-0.2, -0.15) is 0 Å². The molecule has 0 aliphatic heterocycles. The Morgan fingerprint density at radius 2 is 1.40 bits per heavy atom. The zero-order valence-electron chi connectivity index (χ0n) is 4.94. The maximum absolute atomic E-state index is 10.1. The van der Waals surface area contributed by atoms with Crippen molar-refractivity contribution >= 4 is 11.9 Å². The Bertz CT molecular complexity index is 156. The van der Waals surface area contributed by atoms with Crippen LogP contribution in [0.1, 0.15) is 12.8 Å². The van der Waals surface area contributed by atoms with Crippen molar-refractivity contribution in [2.45, 2.75) is 12.8 Å².